The summed E-state index contributed by atoms with van der Waals surface area (Å²) in [5, 5.41) is 1.31. The summed E-state index contributed by atoms with van der Waals surface area (Å²) < 4.78 is 27.0. The number of esters is 2. The molecule has 0 fully saturated rings. The summed E-state index contributed by atoms with van der Waals surface area (Å²) in [7, 11) is 1.51. The minimum atomic E-state index is -1.16. The Labute approximate surface area is 166 Å². The molecule has 0 saturated heterocycles. The van der Waals surface area contributed by atoms with Gasteiger partial charge in [-0.15, -0.1) is 0 Å². The van der Waals surface area contributed by atoms with E-state index < -0.39 is 29.3 Å². The van der Waals surface area contributed by atoms with Crippen molar-refractivity contribution in [2.24, 2.45) is 0 Å². The van der Waals surface area contributed by atoms with Gasteiger partial charge in [0.15, 0.2) is 0 Å². The first-order valence-corrected chi connectivity index (χ1v) is 9.00. The smallest absolute Gasteiger partial charge is 0.339 e. The lowest BCUT2D eigenvalue weighted by Gasteiger charge is -2.32. The second-order valence-electron chi connectivity index (χ2n) is 7.21. The third-order valence-corrected chi connectivity index (χ3v) is 4.60. The van der Waals surface area contributed by atoms with Crippen molar-refractivity contribution >= 4 is 33.9 Å². The second kappa shape index (κ2) is 7.62. The first-order valence-electron chi connectivity index (χ1n) is 9.00. The van der Waals surface area contributed by atoms with Gasteiger partial charge in [0.25, 0.3) is 0 Å². The number of hydrogen-bond acceptors (Lipinski definition) is 8. The van der Waals surface area contributed by atoms with E-state index in [4.69, 9.17) is 23.0 Å². The van der Waals surface area contributed by atoms with Gasteiger partial charge in [0.1, 0.15) is 28.6 Å². The van der Waals surface area contributed by atoms with E-state index in [2.05, 4.69) is 0 Å². The fraction of sp³-hybridized carbons (Fsp3) is 0.381. The molecule has 29 heavy (non-hydrogen) atoms. The van der Waals surface area contributed by atoms with E-state index in [1.807, 2.05) is 0 Å². The fourth-order valence-electron chi connectivity index (χ4n) is 3.32. The summed E-state index contributed by atoms with van der Waals surface area (Å²) in [5.74, 6) is -0.584. The van der Waals surface area contributed by atoms with E-state index in [0.29, 0.717) is 22.3 Å². The Morgan fingerprint density at radius 3 is 2.45 bits per heavy atom. The van der Waals surface area contributed by atoms with E-state index in [9.17, 15) is 14.4 Å². The van der Waals surface area contributed by atoms with Gasteiger partial charge in [-0.05, 0) is 26.0 Å². The van der Waals surface area contributed by atoms with Crippen molar-refractivity contribution in [3.63, 3.8) is 0 Å². The number of rotatable bonds is 6. The number of furan rings is 1. The van der Waals surface area contributed by atoms with Gasteiger partial charge in [0.05, 0.1) is 24.1 Å². The van der Waals surface area contributed by atoms with Crippen LogP contribution in [0, 0.1) is 0 Å². The number of hydrogen-bond donors (Lipinski definition) is 0. The van der Waals surface area contributed by atoms with Gasteiger partial charge in [0, 0.05) is 31.9 Å². The summed E-state index contributed by atoms with van der Waals surface area (Å²) >= 11 is 0. The first-order chi connectivity index (χ1) is 13.6. The standard InChI is InChI=1S/C21H22O8/c1-11(22)27-18(21(3,4)29-12(2)23)9-13-8-15-17(28-20(13)24)10-16-14(6-7-26-16)19(15)25-5/h6-8,10,18H,9H2,1-5H3. The molecule has 8 heteroatoms. The molecule has 0 aliphatic heterocycles. The van der Waals surface area contributed by atoms with Crippen molar-refractivity contribution < 1.29 is 32.6 Å². The van der Waals surface area contributed by atoms with Crippen molar-refractivity contribution in [2.45, 2.75) is 45.8 Å². The summed E-state index contributed by atoms with van der Waals surface area (Å²) in [6.07, 6.45) is 0.613. The van der Waals surface area contributed by atoms with Gasteiger partial charge in [-0.3, -0.25) is 9.59 Å². The zero-order chi connectivity index (χ0) is 21.3. The van der Waals surface area contributed by atoms with E-state index in [-0.39, 0.29) is 12.0 Å². The Bertz CT molecular complexity index is 1130. The average molecular weight is 402 g/mol. The number of methoxy groups -OCH3 is 1. The van der Waals surface area contributed by atoms with Crippen molar-refractivity contribution in [3.05, 3.63) is 40.4 Å². The predicted octanol–water partition coefficient (Wildman–Crippen LogP) is 3.36. The van der Waals surface area contributed by atoms with Crippen LogP contribution in [0.25, 0.3) is 21.9 Å². The fourth-order valence-corrected chi connectivity index (χ4v) is 3.32. The summed E-state index contributed by atoms with van der Waals surface area (Å²) in [5.41, 5.74) is -0.663. The van der Waals surface area contributed by atoms with Crippen LogP contribution in [0.2, 0.25) is 0 Å². The lowest BCUT2D eigenvalue weighted by atomic mass is 9.94. The SMILES string of the molecule is COc1c2ccoc2cc2oc(=O)c(CC(OC(C)=O)C(C)(C)OC(C)=O)cc12. The zero-order valence-electron chi connectivity index (χ0n) is 16.9. The Hall–Kier alpha value is -3.29. The normalized spacial score (nSPS) is 12.7. The van der Waals surface area contributed by atoms with Crippen LogP contribution in [0.5, 0.6) is 5.75 Å². The molecule has 0 radical (unpaired) electrons. The van der Waals surface area contributed by atoms with E-state index >= 15 is 0 Å². The van der Waals surface area contributed by atoms with Crippen LogP contribution in [0.15, 0.2) is 38.1 Å². The summed E-state index contributed by atoms with van der Waals surface area (Å²) in [6.45, 7) is 5.73. The van der Waals surface area contributed by atoms with Gasteiger partial charge in [-0.2, -0.15) is 0 Å². The molecule has 0 saturated carbocycles. The molecule has 1 atom stereocenters. The highest BCUT2D eigenvalue weighted by Crippen LogP contribution is 2.35. The van der Waals surface area contributed by atoms with Gasteiger partial charge < -0.3 is 23.0 Å². The molecule has 0 N–H and O–H groups in total. The molecule has 0 aliphatic carbocycles. The molecule has 1 aromatic carbocycles. The molecule has 154 valence electrons. The molecule has 3 rings (SSSR count). The predicted molar refractivity (Wildman–Crippen MR) is 104 cm³/mol. The lowest BCUT2D eigenvalue weighted by Crippen LogP contribution is -2.45. The van der Waals surface area contributed by atoms with Gasteiger partial charge in [0.2, 0.25) is 0 Å². The van der Waals surface area contributed by atoms with Crippen molar-refractivity contribution in [1.82, 2.24) is 0 Å². The quantitative estimate of drug-likeness (QED) is 0.456. The number of fused-ring (bicyclic) bond motifs is 2. The Morgan fingerprint density at radius 1 is 1.10 bits per heavy atom. The minimum absolute atomic E-state index is 0.00921. The zero-order valence-corrected chi connectivity index (χ0v) is 16.9. The van der Waals surface area contributed by atoms with E-state index in [1.165, 1.54) is 27.2 Å². The van der Waals surface area contributed by atoms with Crippen LogP contribution in [0.3, 0.4) is 0 Å². The highest BCUT2D eigenvalue weighted by atomic mass is 16.6. The first kappa shape index (κ1) is 20.4. The number of ether oxygens (including phenoxy) is 3. The maximum Gasteiger partial charge on any atom is 0.339 e. The maximum absolute atomic E-state index is 12.6. The van der Waals surface area contributed by atoms with Gasteiger partial charge in [-0.25, -0.2) is 4.79 Å². The summed E-state index contributed by atoms with van der Waals surface area (Å²) in [6, 6.07) is 5.00. The minimum Gasteiger partial charge on any atom is -0.495 e. The van der Waals surface area contributed by atoms with Crippen LogP contribution in [0.4, 0.5) is 0 Å². The van der Waals surface area contributed by atoms with Gasteiger partial charge in [-0.1, -0.05) is 0 Å². The summed E-state index contributed by atoms with van der Waals surface area (Å²) in [4.78, 5) is 35.6. The topological polar surface area (TPSA) is 105 Å². The van der Waals surface area contributed by atoms with Crippen molar-refractivity contribution in [3.8, 4) is 5.75 Å². The van der Waals surface area contributed by atoms with Crippen LogP contribution in [-0.4, -0.2) is 30.8 Å². The van der Waals surface area contributed by atoms with E-state index in [0.717, 1.165) is 5.39 Å². The molecular formula is C21H22O8. The number of carbonyl (C=O) groups excluding carboxylic acids is 2. The Kier molecular flexibility index (Phi) is 5.37. The molecule has 2 heterocycles. The Morgan fingerprint density at radius 2 is 1.83 bits per heavy atom. The van der Waals surface area contributed by atoms with Crippen LogP contribution >= 0.6 is 0 Å². The average Bonchev–Trinajstić information content (AvgIpc) is 3.06. The molecule has 1 unspecified atom stereocenters. The maximum atomic E-state index is 12.6. The molecule has 0 spiro atoms. The Balaban J connectivity index is 2.10. The second-order valence-corrected chi connectivity index (χ2v) is 7.21. The molecule has 0 bridgehead atoms. The van der Waals surface area contributed by atoms with Crippen LogP contribution in [0.1, 0.15) is 33.3 Å². The van der Waals surface area contributed by atoms with Crippen LogP contribution < -0.4 is 10.4 Å². The molecule has 0 aliphatic rings. The van der Waals surface area contributed by atoms with E-state index in [1.54, 1.807) is 32.0 Å². The highest BCUT2D eigenvalue weighted by molar-refractivity contribution is 6.01. The largest absolute Gasteiger partial charge is 0.495 e. The number of carbonyl (C=O) groups is 2. The highest BCUT2D eigenvalue weighted by Gasteiger charge is 2.36. The third kappa shape index (κ3) is 4.11. The monoisotopic (exact) mass is 402 g/mol. The molecule has 2 aromatic heterocycles. The molecule has 8 nitrogen and oxygen atoms in total. The van der Waals surface area contributed by atoms with Crippen molar-refractivity contribution in [1.29, 1.82) is 0 Å². The molecular weight excluding hydrogens is 380 g/mol. The van der Waals surface area contributed by atoms with Gasteiger partial charge >= 0.3 is 17.6 Å². The van der Waals surface area contributed by atoms with Crippen LogP contribution in [-0.2, 0) is 25.5 Å². The lowest BCUT2D eigenvalue weighted by molar-refractivity contribution is -0.178. The number of benzene rings is 1. The molecule has 3 aromatic rings. The van der Waals surface area contributed by atoms with Crippen molar-refractivity contribution in [2.75, 3.05) is 7.11 Å². The molecule has 0 amide bonds. The third-order valence-electron chi connectivity index (χ3n) is 4.60.